The molecular formula is C9H10ClNO. The normalized spacial score (nSPS) is 12.5. The molecule has 12 heavy (non-hydrogen) atoms. The van der Waals surface area contributed by atoms with Gasteiger partial charge in [-0.25, -0.2) is 0 Å². The minimum absolute atomic E-state index is 0.0477. The molecule has 0 saturated heterocycles. The quantitative estimate of drug-likeness (QED) is 0.691. The molecule has 0 radical (unpaired) electrons. The molecule has 3 heteroatoms. The van der Waals surface area contributed by atoms with Gasteiger partial charge >= 0.3 is 0 Å². The monoisotopic (exact) mass is 183 g/mol. The fourth-order valence-corrected chi connectivity index (χ4v) is 1.17. The number of hydrogen-bond donors (Lipinski definition) is 2. The van der Waals surface area contributed by atoms with Crippen LogP contribution in [0.5, 0.6) is 5.75 Å². The van der Waals surface area contributed by atoms with Crippen LogP contribution in [0, 0.1) is 0 Å². The molecule has 0 saturated carbocycles. The molecule has 0 aromatic heterocycles. The van der Waals surface area contributed by atoms with E-state index < -0.39 is 0 Å². The number of halogens is 1. The van der Waals surface area contributed by atoms with Crippen LogP contribution in [0.3, 0.4) is 0 Å². The van der Waals surface area contributed by atoms with E-state index in [2.05, 4.69) is 6.58 Å². The Bertz CT molecular complexity index is 299. The van der Waals surface area contributed by atoms with E-state index in [-0.39, 0.29) is 11.8 Å². The second-order valence-electron chi connectivity index (χ2n) is 2.44. The molecular weight excluding hydrogens is 174 g/mol. The Balaban J connectivity index is 3.15. The smallest absolute Gasteiger partial charge is 0.134 e. The molecule has 0 aliphatic heterocycles. The highest BCUT2D eigenvalue weighted by molar-refractivity contribution is 6.32. The van der Waals surface area contributed by atoms with Crippen LogP contribution in [-0.2, 0) is 0 Å². The van der Waals surface area contributed by atoms with Crippen LogP contribution in [0.1, 0.15) is 11.6 Å². The zero-order valence-electron chi connectivity index (χ0n) is 6.50. The summed E-state index contributed by atoms with van der Waals surface area (Å²) in [5.74, 6) is 0.0477. The summed E-state index contributed by atoms with van der Waals surface area (Å²) in [7, 11) is 0. The summed E-state index contributed by atoms with van der Waals surface area (Å²) in [6.07, 6.45) is 1.57. The van der Waals surface area contributed by atoms with Crippen molar-refractivity contribution in [1.29, 1.82) is 0 Å². The van der Waals surface area contributed by atoms with Gasteiger partial charge in [0.25, 0.3) is 0 Å². The third kappa shape index (κ3) is 1.60. The number of aromatic hydroxyl groups is 1. The first-order valence-electron chi connectivity index (χ1n) is 3.52. The largest absolute Gasteiger partial charge is 0.506 e. The van der Waals surface area contributed by atoms with Gasteiger partial charge in [-0.05, 0) is 11.6 Å². The molecule has 1 unspecified atom stereocenters. The van der Waals surface area contributed by atoms with Crippen molar-refractivity contribution in [3.63, 3.8) is 0 Å². The fraction of sp³-hybridized carbons (Fsp3) is 0.111. The van der Waals surface area contributed by atoms with Gasteiger partial charge < -0.3 is 10.8 Å². The van der Waals surface area contributed by atoms with Crippen LogP contribution in [0.25, 0.3) is 0 Å². The van der Waals surface area contributed by atoms with E-state index in [1.807, 2.05) is 0 Å². The second kappa shape index (κ2) is 3.61. The van der Waals surface area contributed by atoms with Crippen LogP contribution in [-0.4, -0.2) is 5.11 Å². The Morgan fingerprint density at radius 1 is 1.58 bits per heavy atom. The maximum absolute atomic E-state index is 9.22. The summed E-state index contributed by atoms with van der Waals surface area (Å²) >= 11 is 5.79. The SMILES string of the molecule is C=CC(N)c1cccc(O)c1Cl. The highest BCUT2D eigenvalue weighted by Gasteiger charge is 2.08. The van der Waals surface area contributed by atoms with Crippen LogP contribution in [0.15, 0.2) is 30.9 Å². The zero-order valence-corrected chi connectivity index (χ0v) is 7.25. The molecule has 1 atom stereocenters. The minimum Gasteiger partial charge on any atom is -0.506 e. The number of phenolic OH excluding ortho intramolecular Hbond substituents is 1. The molecule has 0 aliphatic carbocycles. The summed E-state index contributed by atoms with van der Waals surface area (Å²) in [5, 5.41) is 9.52. The van der Waals surface area contributed by atoms with Gasteiger partial charge in [0.2, 0.25) is 0 Å². The van der Waals surface area contributed by atoms with Gasteiger partial charge in [-0.2, -0.15) is 0 Å². The van der Waals surface area contributed by atoms with Gasteiger partial charge in [-0.15, -0.1) is 6.58 Å². The van der Waals surface area contributed by atoms with E-state index in [0.717, 1.165) is 0 Å². The highest BCUT2D eigenvalue weighted by atomic mass is 35.5. The van der Waals surface area contributed by atoms with E-state index in [9.17, 15) is 5.11 Å². The van der Waals surface area contributed by atoms with E-state index in [0.29, 0.717) is 10.6 Å². The summed E-state index contributed by atoms with van der Waals surface area (Å²) in [5.41, 5.74) is 6.34. The summed E-state index contributed by atoms with van der Waals surface area (Å²) in [6, 6.07) is 4.64. The van der Waals surface area contributed by atoms with Gasteiger partial charge in [0, 0.05) is 6.04 Å². The lowest BCUT2D eigenvalue weighted by Crippen LogP contribution is -2.06. The molecule has 1 aromatic rings. The summed E-state index contributed by atoms with van der Waals surface area (Å²) in [6.45, 7) is 3.54. The molecule has 1 rings (SSSR count). The van der Waals surface area contributed by atoms with Crippen molar-refractivity contribution >= 4 is 11.6 Å². The van der Waals surface area contributed by atoms with Gasteiger partial charge in [0.15, 0.2) is 0 Å². The average Bonchev–Trinajstić information content (AvgIpc) is 2.08. The van der Waals surface area contributed by atoms with Crippen molar-refractivity contribution in [3.05, 3.63) is 41.4 Å². The van der Waals surface area contributed by atoms with Crippen LogP contribution in [0.4, 0.5) is 0 Å². The Kier molecular flexibility index (Phi) is 2.74. The summed E-state index contributed by atoms with van der Waals surface area (Å²) < 4.78 is 0. The Morgan fingerprint density at radius 2 is 2.25 bits per heavy atom. The number of rotatable bonds is 2. The zero-order chi connectivity index (χ0) is 9.14. The molecule has 0 aliphatic rings. The Hall–Kier alpha value is -0.990. The molecule has 0 amide bonds. The van der Waals surface area contributed by atoms with Crippen molar-refractivity contribution < 1.29 is 5.11 Å². The number of phenols is 1. The maximum atomic E-state index is 9.22. The van der Waals surface area contributed by atoms with Gasteiger partial charge in [-0.3, -0.25) is 0 Å². The van der Waals surface area contributed by atoms with Crippen LogP contribution >= 0.6 is 11.6 Å². The molecule has 1 aromatic carbocycles. The second-order valence-corrected chi connectivity index (χ2v) is 2.82. The third-order valence-electron chi connectivity index (χ3n) is 1.62. The average molecular weight is 184 g/mol. The Labute approximate surface area is 76.3 Å². The van der Waals surface area contributed by atoms with E-state index in [1.54, 1.807) is 18.2 Å². The van der Waals surface area contributed by atoms with Crippen LogP contribution < -0.4 is 5.73 Å². The molecule has 0 heterocycles. The van der Waals surface area contributed by atoms with E-state index >= 15 is 0 Å². The first-order chi connectivity index (χ1) is 5.66. The maximum Gasteiger partial charge on any atom is 0.134 e. The number of nitrogens with two attached hydrogens (primary N) is 1. The first kappa shape index (κ1) is 9.10. The molecule has 0 fully saturated rings. The van der Waals surface area contributed by atoms with Crippen molar-refractivity contribution in [3.8, 4) is 5.75 Å². The standard InChI is InChI=1S/C9H10ClNO/c1-2-7(11)6-4-3-5-8(12)9(6)10/h2-5,7,12H,1,11H2. The fourth-order valence-electron chi connectivity index (χ4n) is 0.922. The first-order valence-corrected chi connectivity index (χ1v) is 3.90. The molecule has 64 valence electrons. The molecule has 3 N–H and O–H groups in total. The Morgan fingerprint density at radius 3 is 2.83 bits per heavy atom. The summed E-state index contributed by atoms with van der Waals surface area (Å²) in [4.78, 5) is 0. The highest BCUT2D eigenvalue weighted by Crippen LogP contribution is 2.30. The minimum atomic E-state index is -0.329. The van der Waals surface area contributed by atoms with Crippen molar-refractivity contribution in [2.24, 2.45) is 5.73 Å². The van der Waals surface area contributed by atoms with Crippen molar-refractivity contribution in [2.45, 2.75) is 6.04 Å². The molecule has 0 bridgehead atoms. The van der Waals surface area contributed by atoms with E-state index in [4.69, 9.17) is 17.3 Å². The topological polar surface area (TPSA) is 46.2 Å². The molecule has 2 nitrogen and oxygen atoms in total. The van der Waals surface area contributed by atoms with Gasteiger partial charge in [0.1, 0.15) is 5.75 Å². The van der Waals surface area contributed by atoms with Crippen molar-refractivity contribution in [1.82, 2.24) is 0 Å². The van der Waals surface area contributed by atoms with Crippen molar-refractivity contribution in [2.75, 3.05) is 0 Å². The van der Waals surface area contributed by atoms with Crippen LogP contribution in [0.2, 0.25) is 5.02 Å². The predicted molar refractivity (Wildman–Crippen MR) is 50.2 cm³/mol. The van der Waals surface area contributed by atoms with Gasteiger partial charge in [0.05, 0.1) is 5.02 Å². The molecule has 0 spiro atoms. The third-order valence-corrected chi connectivity index (χ3v) is 2.03. The lowest BCUT2D eigenvalue weighted by Gasteiger charge is -2.09. The lowest BCUT2D eigenvalue weighted by molar-refractivity contribution is 0.474. The van der Waals surface area contributed by atoms with Gasteiger partial charge in [-0.1, -0.05) is 29.8 Å². The predicted octanol–water partition coefficient (Wildman–Crippen LogP) is 2.23. The number of hydrogen-bond acceptors (Lipinski definition) is 2. The van der Waals surface area contributed by atoms with E-state index in [1.165, 1.54) is 6.07 Å². The number of benzene rings is 1. The lowest BCUT2D eigenvalue weighted by atomic mass is 10.1.